The molecule has 0 aliphatic carbocycles. The van der Waals surface area contributed by atoms with Crippen molar-refractivity contribution in [2.45, 2.75) is 0 Å². The Morgan fingerprint density at radius 3 is 2.71 bits per heavy atom. The molecule has 3 nitrogen and oxygen atoms in total. The third-order valence-electron chi connectivity index (χ3n) is 1.42. The van der Waals surface area contributed by atoms with E-state index in [0.717, 1.165) is 0 Å². The van der Waals surface area contributed by atoms with Gasteiger partial charge < -0.3 is 14.6 Å². The van der Waals surface area contributed by atoms with E-state index < -0.39 is 5.97 Å². The Labute approximate surface area is 104 Å². The number of carboxylic acids is 1. The van der Waals surface area contributed by atoms with Crippen LogP contribution >= 0.6 is 0 Å². The van der Waals surface area contributed by atoms with Gasteiger partial charge in [-0.1, -0.05) is 18.1 Å². The molecule has 0 spiro atoms. The number of para-hydroxylation sites is 1. The van der Waals surface area contributed by atoms with E-state index in [1.54, 1.807) is 12.1 Å². The number of aromatic carboxylic acids is 1. The Morgan fingerprint density at radius 2 is 2.14 bits per heavy atom. The SMILES string of the molecule is C#CCOc1ccccc1C(=O)[O-].[Na+]. The van der Waals surface area contributed by atoms with Crippen molar-refractivity contribution >= 4 is 5.97 Å². The van der Waals surface area contributed by atoms with Gasteiger partial charge in [-0.2, -0.15) is 0 Å². The molecule has 0 fully saturated rings. The Morgan fingerprint density at radius 1 is 1.50 bits per heavy atom. The molecule has 0 atom stereocenters. The van der Waals surface area contributed by atoms with Crippen molar-refractivity contribution in [3.63, 3.8) is 0 Å². The third kappa shape index (κ3) is 3.43. The summed E-state index contributed by atoms with van der Waals surface area (Å²) < 4.78 is 4.99. The predicted octanol–water partition coefficient (Wildman–Crippen LogP) is -2.93. The minimum Gasteiger partial charge on any atom is -0.545 e. The van der Waals surface area contributed by atoms with Crippen LogP contribution in [0.25, 0.3) is 0 Å². The van der Waals surface area contributed by atoms with Crippen LogP contribution in [-0.2, 0) is 0 Å². The van der Waals surface area contributed by atoms with Crippen LogP contribution in [0.15, 0.2) is 24.3 Å². The van der Waals surface area contributed by atoms with Crippen LogP contribution in [-0.4, -0.2) is 12.6 Å². The Hall–Kier alpha value is -0.950. The molecule has 0 unspecified atom stereocenters. The number of carbonyl (C=O) groups is 1. The number of carboxylic acid groups (broad SMARTS) is 1. The van der Waals surface area contributed by atoms with Crippen LogP contribution in [0.3, 0.4) is 0 Å². The van der Waals surface area contributed by atoms with Crippen LogP contribution in [0.2, 0.25) is 0 Å². The van der Waals surface area contributed by atoms with Gasteiger partial charge in [0.2, 0.25) is 0 Å². The van der Waals surface area contributed by atoms with Gasteiger partial charge in [-0.15, -0.1) is 6.42 Å². The maximum Gasteiger partial charge on any atom is 1.00 e. The van der Waals surface area contributed by atoms with Crippen molar-refractivity contribution in [1.82, 2.24) is 0 Å². The molecule has 1 aromatic carbocycles. The number of carbonyl (C=O) groups excluding carboxylic acids is 1. The molecular formula is C10H7NaO3. The first kappa shape index (κ1) is 13.1. The molecule has 1 aromatic rings. The van der Waals surface area contributed by atoms with Crippen molar-refractivity contribution in [3.05, 3.63) is 29.8 Å². The summed E-state index contributed by atoms with van der Waals surface area (Å²) in [7, 11) is 0. The number of benzene rings is 1. The average molecular weight is 198 g/mol. The Kier molecular flexibility index (Phi) is 6.06. The quantitative estimate of drug-likeness (QED) is 0.386. The van der Waals surface area contributed by atoms with E-state index in [2.05, 4.69) is 5.92 Å². The van der Waals surface area contributed by atoms with Crippen LogP contribution in [0.5, 0.6) is 5.75 Å². The summed E-state index contributed by atoms with van der Waals surface area (Å²) in [5.74, 6) is 1.21. The molecule has 0 saturated heterocycles. The van der Waals surface area contributed by atoms with E-state index in [1.807, 2.05) is 0 Å². The van der Waals surface area contributed by atoms with Crippen molar-refractivity contribution in [3.8, 4) is 18.1 Å². The number of rotatable bonds is 3. The minimum atomic E-state index is -1.27. The minimum absolute atomic E-state index is 0. The van der Waals surface area contributed by atoms with Crippen LogP contribution in [0, 0.1) is 12.3 Å². The van der Waals surface area contributed by atoms with Gasteiger partial charge in [0, 0.05) is 5.56 Å². The van der Waals surface area contributed by atoms with Gasteiger partial charge in [0.25, 0.3) is 0 Å². The molecule has 0 amide bonds. The molecule has 0 aliphatic rings. The van der Waals surface area contributed by atoms with Crippen molar-refractivity contribution < 1.29 is 44.2 Å². The normalized spacial score (nSPS) is 8.21. The van der Waals surface area contributed by atoms with Gasteiger partial charge in [-0.3, -0.25) is 0 Å². The van der Waals surface area contributed by atoms with E-state index >= 15 is 0 Å². The summed E-state index contributed by atoms with van der Waals surface area (Å²) in [5.41, 5.74) is 0.0118. The molecule has 0 radical (unpaired) electrons. The predicted molar refractivity (Wildman–Crippen MR) is 45.1 cm³/mol. The molecule has 4 heteroatoms. The number of terminal acetylenes is 1. The number of hydrogen-bond donors (Lipinski definition) is 0. The molecule has 14 heavy (non-hydrogen) atoms. The first-order chi connectivity index (χ1) is 6.25. The van der Waals surface area contributed by atoms with Gasteiger partial charge in [0.05, 0.1) is 5.97 Å². The van der Waals surface area contributed by atoms with Gasteiger partial charge >= 0.3 is 29.6 Å². The molecule has 0 aromatic heterocycles. The molecule has 0 heterocycles. The van der Waals surface area contributed by atoms with E-state index in [9.17, 15) is 9.90 Å². The first-order valence-corrected chi connectivity index (χ1v) is 3.62. The van der Waals surface area contributed by atoms with Crippen LogP contribution < -0.4 is 39.4 Å². The van der Waals surface area contributed by atoms with Crippen molar-refractivity contribution in [2.75, 3.05) is 6.61 Å². The fourth-order valence-electron chi connectivity index (χ4n) is 0.881. The summed E-state index contributed by atoms with van der Waals surface area (Å²) >= 11 is 0. The molecule has 0 bridgehead atoms. The molecule has 0 saturated carbocycles. The second-order valence-corrected chi connectivity index (χ2v) is 2.28. The van der Waals surface area contributed by atoms with Gasteiger partial charge in [0.1, 0.15) is 12.4 Å². The second kappa shape index (κ2) is 6.50. The maximum atomic E-state index is 10.5. The van der Waals surface area contributed by atoms with Crippen LogP contribution in [0.4, 0.5) is 0 Å². The smallest absolute Gasteiger partial charge is 0.545 e. The monoisotopic (exact) mass is 198 g/mol. The summed E-state index contributed by atoms with van der Waals surface area (Å²) in [6.45, 7) is 0.0459. The largest absolute Gasteiger partial charge is 1.00 e. The van der Waals surface area contributed by atoms with Crippen molar-refractivity contribution in [2.24, 2.45) is 0 Å². The molecule has 66 valence electrons. The molecule has 0 aliphatic heterocycles. The standard InChI is InChI=1S/C10H8O3.Na/c1-2-7-13-9-6-4-3-5-8(9)10(11)12;/h1,3-6H,7H2,(H,11,12);/q;+1/p-1. The summed E-state index contributed by atoms with van der Waals surface area (Å²) in [6, 6.07) is 6.19. The number of hydrogen-bond acceptors (Lipinski definition) is 3. The van der Waals surface area contributed by atoms with E-state index in [0.29, 0.717) is 0 Å². The second-order valence-electron chi connectivity index (χ2n) is 2.28. The van der Waals surface area contributed by atoms with Crippen molar-refractivity contribution in [1.29, 1.82) is 0 Å². The Bertz CT molecular complexity index is 355. The van der Waals surface area contributed by atoms with E-state index in [4.69, 9.17) is 11.2 Å². The molecule has 1 rings (SSSR count). The summed E-state index contributed by atoms with van der Waals surface area (Å²) in [6.07, 6.45) is 4.96. The topological polar surface area (TPSA) is 49.4 Å². The zero-order chi connectivity index (χ0) is 9.68. The van der Waals surface area contributed by atoms with Gasteiger partial charge in [0.15, 0.2) is 0 Å². The fraction of sp³-hybridized carbons (Fsp3) is 0.100. The molecular weight excluding hydrogens is 191 g/mol. The maximum absolute atomic E-state index is 10.5. The van der Waals surface area contributed by atoms with E-state index in [1.165, 1.54) is 12.1 Å². The van der Waals surface area contributed by atoms with Gasteiger partial charge in [-0.25, -0.2) is 0 Å². The number of ether oxygens (including phenoxy) is 1. The third-order valence-corrected chi connectivity index (χ3v) is 1.42. The first-order valence-electron chi connectivity index (χ1n) is 3.62. The van der Waals surface area contributed by atoms with Gasteiger partial charge in [-0.05, 0) is 12.1 Å². The zero-order valence-electron chi connectivity index (χ0n) is 7.82. The fourth-order valence-corrected chi connectivity index (χ4v) is 0.881. The summed E-state index contributed by atoms with van der Waals surface area (Å²) in [5, 5.41) is 10.5. The molecule has 0 N–H and O–H groups in total. The van der Waals surface area contributed by atoms with E-state index in [-0.39, 0.29) is 47.5 Å². The Balaban J connectivity index is 0.00000169. The average Bonchev–Trinajstić information content (AvgIpc) is 2.15. The summed E-state index contributed by atoms with van der Waals surface area (Å²) in [4.78, 5) is 10.5. The van der Waals surface area contributed by atoms with Crippen LogP contribution in [0.1, 0.15) is 10.4 Å². The zero-order valence-corrected chi connectivity index (χ0v) is 9.82.